The summed E-state index contributed by atoms with van der Waals surface area (Å²) in [6.07, 6.45) is 4.38. The Labute approximate surface area is 179 Å². The molecule has 10 heteroatoms. The van der Waals surface area contributed by atoms with Crippen LogP contribution in [0.15, 0.2) is 32.9 Å². The highest BCUT2D eigenvalue weighted by atomic mass is 32.2. The molecular formula is C21H23N5O4S. The Morgan fingerprint density at radius 2 is 1.90 bits per heavy atom. The smallest absolute Gasteiger partial charge is 0.333 e. The fraction of sp³-hybridized carbons (Fsp3) is 0.381. The number of sulfone groups is 1. The average molecular weight is 442 g/mol. The van der Waals surface area contributed by atoms with Gasteiger partial charge >= 0.3 is 5.69 Å². The van der Waals surface area contributed by atoms with E-state index in [2.05, 4.69) is 16.8 Å². The number of nitrogen functional groups attached to an aromatic ring is 1. The van der Waals surface area contributed by atoms with E-state index in [9.17, 15) is 18.0 Å². The predicted octanol–water partition coefficient (Wildman–Crippen LogP) is 0.424. The van der Waals surface area contributed by atoms with Gasteiger partial charge in [0.1, 0.15) is 0 Å². The summed E-state index contributed by atoms with van der Waals surface area (Å²) in [4.78, 5) is 29.3. The van der Waals surface area contributed by atoms with Crippen molar-refractivity contribution in [3.05, 3.63) is 50.2 Å². The lowest BCUT2D eigenvalue weighted by Crippen LogP contribution is -2.38. The lowest BCUT2D eigenvalue weighted by atomic mass is 10.0. The molecule has 0 unspecified atom stereocenters. The number of benzene rings is 1. The molecule has 2 heterocycles. The number of aryl methyl sites for hydroxylation is 1. The molecule has 1 aliphatic carbocycles. The van der Waals surface area contributed by atoms with E-state index in [1.807, 2.05) is 18.2 Å². The van der Waals surface area contributed by atoms with Crippen molar-refractivity contribution < 1.29 is 8.42 Å². The number of nitrogens with zero attached hydrogens (tertiary/aromatic N) is 4. The Bertz CT molecular complexity index is 1490. The van der Waals surface area contributed by atoms with Crippen LogP contribution in [0.4, 0.5) is 5.69 Å². The molecule has 0 radical (unpaired) electrons. The number of aromatic nitrogens is 4. The molecule has 0 aliphatic heterocycles. The van der Waals surface area contributed by atoms with Crippen molar-refractivity contribution in [3.8, 4) is 11.8 Å². The van der Waals surface area contributed by atoms with Gasteiger partial charge in [-0.1, -0.05) is 24.0 Å². The normalized spacial score (nSPS) is 13.9. The van der Waals surface area contributed by atoms with Crippen LogP contribution in [0, 0.1) is 17.8 Å². The molecule has 0 amide bonds. The summed E-state index contributed by atoms with van der Waals surface area (Å²) in [6.45, 7) is -0.0735. The van der Waals surface area contributed by atoms with Crippen LogP contribution in [0.5, 0.6) is 0 Å². The van der Waals surface area contributed by atoms with E-state index in [4.69, 9.17) is 5.73 Å². The maximum absolute atomic E-state index is 12.7. The highest BCUT2D eigenvalue weighted by Crippen LogP contribution is 2.34. The average Bonchev–Trinajstić information content (AvgIpc) is 3.45. The van der Waals surface area contributed by atoms with Crippen molar-refractivity contribution >= 4 is 26.7 Å². The van der Waals surface area contributed by atoms with Gasteiger partial charge in [-0.3, -0.25) is 13.9 Å². The number of rotatable bonds is 4. The van der Waals surface area contributed by atoms with Gasteiger partial charge in [0.25, 0.3) is 5.56 Å². The third-order valence-electron chi connectivity index (χ3n) is 5.51. The molecule has 1 aliphatic rings. The summed E-state index contributed by atoms with van der Waals surface area (Å²) in [6, 6.07) is 5.73. The van der Waals surface area contributed by atoms with Crippen LogP contribution in [0.3, 0.4) is 0 Å². The van der Waals surface area contributed by atoms with Crippen LogP contribution in [0.1, 0.15) is 24.0 Å². The van der Waals surface area contributed by atoms with Crippen molar-refractivity contribution in [1.82, 2.24) is 18.7 Å². The Hall–Kier alpha value is -3.32. The van der Waals surface area contributed by atoms with Crippen molar-refractivity contribution in [2.45, 2.75) is 31.0 Å². The molecule has 0 bridgehead atoms. The zero-order valence-electron chi connectivity index (χ0n) is 17.5. The minimum Gasteiger partial charge on any atom is -0.397 e. The molecule has 0 atom stereocenters. The minimum atomic E-state index is -3.70. The third kappa shape index (κ3) is 3.77. The Morgan fingerprint density at radius 3 is 2.55 bits per heavy atom. The molecule has 9 nitrogen and oxygen atoms in total. The van der Waals surface area contributed by atoms with E-state index in [1.165, 1.54) is 36.1 Å². The van der Waals surface area contributed by atoms with Crippen LogP contribution in [-0.4, -0.2) is 33.4 Å². The molecule has 2 N–H and O–H groups in total. The molecule has 2 aromatic heterocycles. The van der Waals surface area contributed by atoms with Gasteiger partial charge in [-0.2, -0.15) is 4.98 Å². The number of anilines is 1. The van der Waals surface area contributed by atoms with E-state index in [0.29, 0.717) is 17.2 Å². The molecule has 3 aromatic rings. The number of fused-ring (bicyclic) bond motifs is 1. The molecule has 1 aromatic carbocycles. The van der Waals surface area contributed by atoms with Gasteiger partial charge in [0.2, 0.25) is 15.0 Å². The Balaban J connectivity index is 1.79. The van der Waals surface area contributed by atoms with Gasteiger partial charge in [0, 0.05) is 25.9 Å². The van der Waals surface area contributed by atoms with Crippen molar-refractivity contribution in [2.24, 2.45) is 20.0 Å². The molecule has 1 fully saturated rings. The third-order valence-corrected chi connectivity index (χ3v) is 6.54. The largest absolute Gasteiger partial charge is 0.397 e. The van der Waals surface area contributed by atoms with Crippen LogP contribution in [0.2, 0.25) is 0 Å². The van der Waals surface area contributed by atoms with Gasteiger partial charge in [-0.15, -0.1) is 0 Å². The van der Waals surface area contributed by atoms with Crippen LogP contribution < -0.4 is 17.0 Å². The van der Waals surface area contributed by atoms with Crippen LogP contribution in [0.25, 0.3) is 11.2 Å². The van der Waals surface area contributed by atoms with E-state index in [1.54, 1.807) is 0 Å². The van der Waals surface area contributed by atoms with Gasteiger partial charge in [0.15, 0.2) is 11.2 Å². The summed E-state index contributed by atoms with van der Waals surface area (Å²) in [5.41, 5.74) is 7.42. The zero-order valence-corrected chi connectivity index (χ0v) is 18.4. The standard InChI is InChI=1S/C21H23N5O4S/c1-24-17-18(23-20(24)31(3,29)30)26(21(28)25(2)19(17)27)11-5-8-14-6-4-7-15(16(14)22)12-13-9-10-13/h4,6-7,13H,9-12,22H2,1-3H3. The van der Waals surface area contributed by atoms with Crippen LogP contribution in [-0.2, 0) is 36.9 Å². The molecule has 1 saturated carbocycles. The maximum Gasteiger partial charge on any atom is 0.333 e. The molecular weight excluding hydrogens is 418 g/mol. The van der Waals surface area contributed by atoms with Crippen LogP contribution >= 0.6 is 0 Å². The Kier molecular flexibility index (Phi) is 5.01. The maximum atomic E-state index is 12.7. The highest BCUT2D eigenvalue weighted by Gasteiger charge is 2.24. The first-order valence-electron chi connectivity index (χ1n) is 9.82. The second-order valence-electron chi connectivity index (χ2n) is 7.96. The summed E-state index contributed by atoms with van der Waals surface area (Å²) in [7, 11) is -0.934. The number of hydrogen-bond acceptors (Lipinski definition) is 6. The number of imidazole rings is 1. The van der Waals surface area contributed by atoms with E-state index in [-0.39, 0.29) is 22.9 Å². The molecule has 162 valence electrons. The van der Waals surface area contributed by atoms with Gasteiger partial charge in [0.05, 0.1) is 12.2 Å². The van der Waals surface area contributed by atoms with E-state index in [0.717, 1.165) is 22.8 Å². The SMILES string of the molecule is Cn1c(=O)c2c(nc(S(C)(=O)=O)n2C)n(CC#Cc2cccc(CC3CC3)c2N)c1=O. The van der Waals surface area contributed by atoms with Gasteiger partial charge < -0.3 is 10.3 Å². The van der Waals surface area contributed by atoms with Crippen molar-refractivity contribution in [1.29, 1.82) is 0 Å². The molecule has 0 saturated heterocycles. The van der Waals surface area contributed by atoms with E-state index < -0.39 is 21.1 Å². The topological polar surface area (TPSA) is 122 Å². The fourth-order valence-electron chi connectivity index (χ4n) is 3.63. The monoisotopic (exact) mass is 441 g/mol. The zero-order chi connectivity index (χ0) is 22.5. The molecule has 4 rings (SSSR count). The van der Waals surface area contributed by atoms with Gasteiger partial charge in [-0.05, 0) is 36.8 Å². The first kappa shape index (κ1) is 20.9. The highest BCUT2D eigenvalue weighted by molar-refractivity contribution is 7.90. The first-order valence-corrected chi connectivity index (χ1v) is 11.7. The second-order valence-corrected chi connectivity index (χ2v) is 9.87. The number of para-hydroxylation sites is 1. The minimum absolute atomic E-state index is 0.0132. The Morgan fingerprint density at radius 1 is 1.19 bits per heavy atom. The summed E-state index contributed by atoms with van der Waals surface area (Å²) in [5, 5.41) is -0.288. The number of hydrogen-bond donors (Lipinski definition) is 1. The number of nitrogens with two attached hydrogens (primary N) is 1. The predicted molar refractivity (Wildman–Crippen MR) is 117 cm³/mol. The van der Waals surface area contributed by atoms with E-state index >= 15 is 0 Å². The van der Waals surface area contributed by atoms with Crippen molar-refractivity contribution in [2.75, 3.05) is 12.0 Å². The lowest BCUT2D eigenvalue weighted by molar-refractivity contribution is 0.586. The van der Waals surface area contributed by atoms with Gasteiger partial charge in [-0.25, -0.2) is 13.2 Å². The quantitative estimate of drug-likeness (QED) is 0.463. The second kappa shape index (κ2) is 7.42. The van der Waals surface area contributed by atoms with Crippen molar-refractivity contribution in [3.63, 3.8) is 0 Å². The summed E-state index contributed by atoms with van der Waals surface area (Å²) < 4.78 is 27.4. The summed E-state index contributed by atoms with van der Waals surface area (Å²) >= 11 is 0. The fourth-order valence-corrected chi connectivity index (χ4v) is 4.47. The summed E-state index contributed by atoms with van der Waals surface area (Å²) in [5.74, 6) is 6.61. The lowest BCUT2D eigenvalue weighted by Gasteiger charge is -2.07. The molecule has 0 spiro atoms. The first-order chi connectivity index (χ1) is 14.6. The molecule has 31 heavy (non-hydrogen) atoms.